The molecular formula is C10H6Cl2N2. The highest BCUT2D eigenvalue weighted by molar-refractivity contribution is 6.31. The van der Waals surface area contributed by atoms with Crippen LogP contribution in [-0.2, 0) is 0 Å². The van der Waals surface area contributed by atoms with Gasteiger partial charge in [-0.05, 0) is 12.1 Å². The number of benzene rings is 1. The van der Waals surface area contributed by atoms with E-state index in [2.05, 4.69) is 9.97 Å². The minimum absolute atomic E-state index is 0.377. The third kappa shape index (κ3) is 2.03. The molecule has 1 aromatic carbocycles. The van der Waals surface area contributed by atoms with E-state index in [1.54, 1.807) is 6.20 Å². The first-order valence-electron chi connectivity index (χ1n) is 3.99. The van der Waals surface area contributed by atoms with Crippen molar-refractivity contribution in [1.82, 2.24) is 9.97 Å². The van der Waals surface area contributed by atoms with Crippen LogP contribution in [0.4, 0.5) is 0 Å². The van der Waals surface area contributed by atoms with Crippen LogP contribution in [0.15, 0.2) is 36.7 Å². The minimum atomic E-state index is 0.377. The number of halogens is 2. The van der Waals surface area contributed by atoms with Gasteiger partial charge in [0.25, 0.3) is 0 Å². The Kier molecular flexibility index (Phi) is 2.66. The zero-order chi connectivity index (χ0) is 9.97. The van der Waals surface area contributed by atoms with Gasteiger partial charge in [0.05, 0.1) is 18.1 Å². The number of hydrogen-bond acceptors (Lipinski definition) is 2. The van der Waals surface area contributed by atoms with E-state index < -0.39 is 0 Å². The maximum absolute atomic E-state index is 5.85. The summed E-state index contributed by atoms with van der Waals surface area (Å²) in [4.78, 5) is 8.08. The molecule has 0 fully saturated rings. The number of nitrogens with zero attached hydrogens (tertiary/aromatic N) is 2. The summed E-state index contributed by atoms with van der Waals surface area (Å²) < 4.78 is 0. The van der Waals surface area contributed by atoms with Crippen molar-refractivity contribution >= 4 is 23.2 Å². The molecule has 0 bridgehead atoms. The lowest BCUT2D eigenvalue weighted by Crippen LogP contribution is -1.85. The topological polar surface area (TPSA) is 25.8 Å². The van der Waals surface area contributed by atoms with Crippen LogP contribution in [0, 0.1) is 0 Å². The van der Waals surface area contributed by atoms with Crippen molar-refractivity contribution in [2.24, 2.45) is 0 Å². The fourth-order valence-electron chi connectivity index (χ4n) is 1.13. The van der Waals surface area contributed by atoms with Crippen molar-refractivity contribution in [2.45, 2.75) is 0 Å². The summed E-state index contributed by atoms with van der Waals surface area (Å²) in [7, 11) is 0. The van der Waals surface area contributed by atoms with E-state index in [9.17, 15) is 0 Å². The van der Waals surface area contributed by atoms with E-state index in [4.69, 9.17) is 23.2 Å². The van der Waals surface area contributed by atoms with Gasteiger partial charge in [-0.25, -0.2) is 4.98 Å². The van der Waals surface area contributed by atoms with E-state index in [0.29, 0.717) is 10.2 Å². The average molecular weight is 225 g/mol. The van der Waals surface area contributed by atoms with Crippen LogP contribution in [0.3, 0.4) is 0 Å². The molecule has 0 spiro atoms. The summed E-state index contributed by atoms with van der Waals surface area (Å²) in [5.41, 5.74) is 1.63. The van der Waals surface area contributed by atoms with E-state index >= 15 is 0 Å². The molecule has 0 aliphatic rings. The molecule has 0 aliphatic carbocycles. The normalized spacial score (nSPS) is 10.1. The SMILES string of the molecule is Clc1cccc(-c2cncc(Cl)n2)c1. The van der Waals surface area contributed by atoms with Gasteiger partial charge in [0.2, 0.25) is 0 Å². The van der Waals surface area contributed by atoms with Crippen LogP contribution in [-0.4, -0.2) is 9.97 Å². The Bertz CT molecular complexity index is 414. The number of rotatable bonds is 1. The predicted molar refractivity (Wildman–Crippen MR) is 57.5 cm³/mol. The first kappa shape index (κ1) is 9.44. The van der Waals surface area contributed by atoms with Gasteiger partial charge < -0.3 is 0 Å². The standard InChI is InChI=1S/C10H6Cl2N2/c11-8-3-1-2-7(4-8)9-5-13-6-10(12)14-9/h1-6H. The van der Waals surface area contributed by atoms with Crippen LogP contribution >= 0.6 is 23.2 Å². The first-order chi connectivity index (χ1) is 6.75. The smallest absolute Gasteiger partial charge is 0.148 e. The molecule has 0 amide bonds. The molecule has 70 valence electrons. The van der Waals surface area contributed by atoms with Crippen LogP contribution in [0.2, 0.25) is 10.2 Å². The van der Waals surface area contributed by atoms with E-state index in [-0.39, 0.29) is 0 Å². The van der Waals surface area contributed by atoms with Crippen molar-refractivity contribution < 1.29 is 0 Å². The van der Waals surface area contributed by atoms with Gasteiger partial charge in [0, 0.05) is 10.6 Å². The predicted octanol–water partition coefficient (Wildman–Crippen LogP) is 3.45. The third-order valence-corrected chi connectivity index (χ3v) is 2.14. The van der Waals surface area contributed by atoms with Gasteiger partial charge in [0.15, 0.2) is 0 Å². The lowest BCUT2D eigenvalue weighted by atomic mass is 10.2. The monoisotopic (exact) mass is 224 g/mol. The van der Waals surface area contributed by atoms with Crippen molar-refractivity contribution in [2.75, 3.05) is 0 Å². The molecule has 1 aromatic heterocycles. The molecule has 0 N–H and O–H groups in total. The second-order valence-corrected chi connectivity index (χ2v) is 3.56. The van der Waals surface area contributed by atoms with Crippen LogP contribution in [0.25, 0.3) is 11.3 Å². The zero-order valence-corrected chi connectivity index (χ0v) is 8.63. The van der Waals surface area contributed by atoms with Crippen LogP contribution < -0.4 is 0 Å². The van der Waals surface area contributed by atoms with Crippen molar-refractivity contribution in [1.29, 1.82) is 0 Å². The molecule has 0 radical (unpaired) electrons. The summed E-state index contributed by atoms with van der Waals surface area (Å²) in [5, 5.41) is 1.05. The second kappa shape index (κ2) is 3.95. The largest absolute Gasteiger partial charge is 0.259 e. The molecule has 0 saturated heterocycles. The summed E-state index contributed by atoms with van der Waals surface area (Å²) in [6.07, 6.45) is 3.15. The zero-order valence-electron chi connectivity index (χ0n) is 7.11. The Morgan fingerprint density at radius 2 is 1.93 bits per heavy atom. The van der Waals surface area contributed by atoms with E-state index in [1.807, 2.05) is 24.3 Å². The van der Waals surface area contributed by atoms with Crippen molar-refractivity contribution in [3.63, 3.8) is 0 Å². The molecule has 2 aromatic rings. The Labute approximate surface area is 91.5 Å². The molecular weight excluding hydrogens is 219 g/mol. The van der Waals surface area contributed by atoms with Crippen molar-refractivity contribution in [3.05, 3.63) is 46.8 Å². The van der Waals surface area contributed by atoms with E-state index in [1.165, 1.54) is 6.20 Å². The lowest BCUT2D eigenvalue weighted by molar-refractivity contribution is 1.21. The highest BCUT2D eigenvalue weighted by atomic mass is 35.5. The first-order valence-corrected chi connectivity index (χ1v) is 4.75. The molecule has 4 heteroatoms. The highest BCUT2D eigenvalue weighted by Gasteiger charge is 2.00. The Morgan fingerprint density at radius 3 is 2.64 bits per heavy atom. The quantitative estimate of drug-likeness (QED) is 0.742. The maximum Gasteiger partial charge on any atom is 0.148 e. The fourth-order valence-corrected chi connectivity index (χ4v) is 1.47. The van der Waals surface area contributed by atoms with E-state index in [0.717, 1.165) is 11.3 Å². The molecule has 0 aliphatic heterocycles. The van der Waals surface area contributed by atoms with Gasteiger partial charge in [-0.3, -0.25) is 4.98 Å². The number of hydrogen-bond donors (Lipinski definition) is 0. The van der Waals surface area contributed by atoms with Gasteiger partial charge in [-0.2, -0.15) is 0 Å². The fraction of sp³-hybridized carbons (Fsp3) is 0. The number of aromatic nitrogens is 2. The summed E-state index contributed by atoms with van der Waals surface area (Å²) in [6.45, 7) is 0. The molecule has 2 nitrogen and oxygen atoms in total. The molecule has 0 unspecified atom stereocenters. The Balaban J connectivity index is 2.49. The van der Waals surface area contributed by atoms with Gasteiger partial charge in [0.1, 0.15) is 5.15 Å². The molecule has 2 rings (SSSR count). The van der Waals surface area contributed by atoms with Crippen molar-refractivity contribution in [3.8, 4) is 11.3 Å². The summed E-state index contributed by atoms with van der Waals surface area (Å²) in [5.74, 6) is 0. The Hall–Kier alpha value is -1.12. The minimum Gasteiger partial charge on any atom is -0.259 e. The van der Waals surface area contributed by atoms with Gasteiger partial charge >= 0.3 is 0 Å². The highest BCUT2D eigenvalue weighted by Crippen LogP contribution is 2.20. The maximum atomic E-state index is 5.85. The van der Waals surface area contributed by atoms with Gasteiger partial charge in [-0.15, -0.1) is 0 Å². The molecule has 1 heterocycles. The average Bonchev–Trinajstić information content (AvgIpc) is 2.18. The second-order valence-electron chi connectivity index (χ2n) is 2.74. The Morgan fingerprint density at radius 1 is 1.07 bits per heavy atom. The van der Waals surface area contributed by atoms with Crippen LogP contribution in [0.1, 0.15) is 0 Å². The molecule has 0 saturated carbocycles. The lowest BCUT2D eigenvalue weighted by Gasteiger charge is -2.00. The van der Waals surface area contributed by atoms with Gasteiger partial charge in [-0.1, -0.05) is 35.3 Å². The molecule has 0 atom stereocenters. The third-order valence-electron chi connectivity index (χ3n) is 1.73. The molecule has 14 heavy (non-hydrogen) atoms. The van der Waals surface area contributed by atoms with Crippen LogP contribution in [0.5, 0.6) is 0 Å². The summed E-state index contributed by atoms with van der Waals surface area (Å²) in [6, 6.07) is 7.40. The summed E-state index contributed by atoms with van der Waals surface area (Å²) >= 11 is 11.6.